The molecule has 0 saturated carbocycles. The summed E-state index contributed by atoms with van der Waals surface area (Å²) in [6, 6.07) is 0. The van der Waals surface area contributed by atoms with Crippen LogP contribution in [0.1, 0.15) is 90.4 Å². The topological polar surface area (TPSA) is 145 Å². The first-order valence-electron chi connectivity index (χ1n) is 16.5. The summed E-state index contributed by atoms with van der Waals surface area (Å²) in [6.45, 7) is 9.07. The average Bonchev–Trinajstić information content (AvgIpc) is 3.02. The van der Waals surface area contributed by atoms with E-state index in [4.69, 9.17) is 43.0 Å². The summed E-state index contributed by atoms with van der Waals surface area (Å²) in [5.41, 5.74) is 0. The van der Waals surface area contributed by atoms with Crippen molar-refractivity contribution in [1.82, 2.24) is 0 Å². The number of ether oxygens (including phenoxy) is 8. The Bertz CT molecular complexity index is 647. The third kappa shape index (κ3) is 34.8. The Hall–Kier alpha value is -1.67. The zero-order chi connectivity index (χ0) is 32.2. The Morgan fingerprint density at radius 1 is 0.409 bits per heavy atom. The second-order valence-electron chi connectivity index (χ2n) is 10.3. The molecule has 0 aliphatic rings. The molecule has 0 fully saturated rings. The quantitative estimate of drug-likeness (QED) is 0.0586. The summed E-state index contributed by atoms with van der Waals surface area (Å²) in [5, 5.41) is 8.44. The van der Waals surface area contributed by atoms with Crippen molar-refractivity contribution in [3.05, 3.63) is 0 Å². The lowest BCUT2D eigenvalue weighted by Gasteiger charge is -2.09. The molecule has 0 aromatic carbocycles. The van der Waals surface area contributed by atoms with Crippen molar-refractivity contribution in [2.24, 2.45) is 0 Å². The monoisotopic (exact) mass is 636 g/mol. The van der Waals surface area contributed by atoms with E-state index >= 15 is 0 Å². The molecule has 44 heavy (non-hydrogen) atoms. The number of Topliss-reactive ketones (excluding diaryl/α,β-unsaturated/α-hetero) is 1. The van der Waals surface area contributed by atoms with Crippen LogP contribution in [-0.2, 0) is 52.3 Å². The largest absolute Gasteiger partial charge is 0.476 e. The fraction of sp³-hybridized carbons (Fsp3) is 0.906. The molecular formula is C32H60O12. The van der Waals surface area contributed by atoms with Gasteiger partial charge in [-0.05, 0) is 6.42 Å². The van der Waals surface area contributed by atoms with E-state index in [1.165, 1.54) is 64.2 Å². The van der Waals surface area contributed by atoms with Crippen LogP contribution in [0.2, 0.25) is 0 Å². The molecule has 0 aromatic heterocycles. The number of aliphatic carboxylic acids is 1. The molecule has 0 spiro atoms. The van der Waals surface area contributed by atoms with Gasteiger partial charge >= 0.3 is 11.9 Å². The van der Waals surface area contributed by atoms with E-state index in [1.807, 2.05) is 0 Å². The zero-order valence-corrected chi connectivity index (χ0v) is 27.2. The first-order chi connectivity index (χ1) is 21.6. The normalized spacial score (nSPS) is 11.2. The fourth-order valence-corrected chi connectivity index (χ4v) is 3.90. The maximum absolute atomic E-state index is 11.4. The molecule has 0 unspecified atom stereocenters. The number of ketones is 1. The fourth-order valence-electron chi connectivity index (χ4n) is 3.90. The molecule has 0 aliphatic carbocycles. The highest BCUT2D eigenvalue weighted by Crippen LogP contribution is 2.11. The van der Waals surface area contributed by atoms with Gasteiger partial charge in [0.1, 0.15) is 6.61 Å². The van der Waals surface area contributed by atoms with Crippen LogP contribution in [0.5, 0.6) is 0 Å². The number of unbranched alkanes of at least 4 members (excludes halogenated alkanes) is 10. The number of hydrogen-bond donors (Lipinski definition) is 1. The molecule has 1 N–H and O–H groups in total. The van der Waals surface area contributed by atoms with Crippen LogP contribution in [0.25, 0.3) is 0 Å². The van der Waals surface area contributed by atoms with E-state index in [0.717, 1.165) is 13.0 Å². The second kappa shape index (κ2) is 35.8. The van der Waals surface area contributed by atoms with Gasteiger partial charge in [0.05, 0.1) is 92.3 Å². The smallest absolute Gasteiger partial charge is 0.372 e. The molecule has 0 aliphatic heterocycles. The summed E-state index contributed by atoms with van der Waals surface area (Å²) in [5.74, 6) is -3.21. The van der Waals surface area contributed by atoms with Gasteiger partial charge in [-0.2, -0.15) is 0 Å². The van der Waals surface area contributed by atoms with Gasteiger partial charge < -0.3 is 43.0 Å². The van der Waals surface area contributed by atoms with Crippen LogP contribution in [0.3, 0.4) is 0 Å². The molecule has 0 atom stereocenters. The predicted octanol–water partition coefficient (Wildman–Crippen LogP) is 4.39. The molecule has 12 nitrogen and oxygen atoms in total. The minimum Gasteiger partial charge on any atom is -0.476 e. The standard InChI is InChI=1S/C32H60O12/c1-2-3-4-5-6-7-8-9-10-11-12-15-37-16-17-38-18-19-39-20-21-40-22-23-41-24-25-42-26-27-43-28-29-44-31(34)14-13-30(33)32(35)36/h2-29H2,1H3,(H,35,36). The maximum Gasteiger partial charge on any atom is 0.372 e. The van der Waals surface area contributed by atoms with Gasteiger partial charge in [0.15, 0.2) is 0 Å². The number of esters is 1. The first kappa shape index (κ1) is 42.3. The molecule has 0 saturated heterocycles. The average molecular weight is 637 g/mol. The van der Waals surface area contributed by atoms with Gasteiger partial charge in [-0.1, -0.05) is 71.1 Å². The van der Waals surface area contributed by atoms with E-state index in [2.05, 4.69) is 6.92 Å². The van der Waals surface area contributed by atoms with Crippen LogP contribution < -0.4 is 0 Å². The molecule has 0 radical (unpaired) electrons. The minimum atomic E-state index is -1.56. The highest BCUT2D eigenvalue weighted by Gasteiger charge is 2.14. The lowest BCUT2D eigenvalue weighted by molar-refractivity contribution is -0.151. The second-order valence-corrected chi connectivity index (χ2v) is 10.3. The summed E-state index contributed by atoms with van der Waals surface area (Å²) >= 11 is 0. The lowest BCUT2D eigenvalue weighted by atomic mass is 10.1. The van der Waals surface area contributed by atoms with E-state index in [-0.39, 0.29) is 26.1 Å². The molecular weight excluding hydrogens is 576 g/mol. The van der Waals surface area contributed by atoms with Gasteiger partial charge in [0.2, 0.25) is 5.78 Å². The van der Waals surface area contributed by atoms with E-state index < -0.39 is 17.7 Å². The SMILES string of the molecule is CCCCCCCCCCCCCOCCOCCOCCOCCOCCOCCOCCOC(=O)CCC(=O)C(=O)O. The van der Waals surface area contributed by atoms with Crippen molar-refractivity contribution >= 4 is 17.7 Å². The van der Waals surface area contributed by atoms with Crippen LogP contribution in [0, 0.1) is 0 Å². The Labute approximate surface area is 264 Å². The van der Waals surface area contributed by atoms with Gasteiger partial charge in [0, 0.05) is 13.0 Å². The highest BCUT2D eigenvalue weighted by atomic mass is 16.6. The first-order valence-corrected chi connectivity index (χ1v) is 16.5. The summed E-state index contributed by atoms with van der Waals surface area (Å²) in [6.07, 6.45) is 14.1. The highest BCUT2D eigenvalue weighted by molar-refractivity contribution is 6.32. The zero-order valence-electron chi connectivity index (χ0n) is 27.2. The number of carbonyl (C=O) groups is 3. The predicted molar refractivity (Wildman–Crippen MR) is 165 cm³/mol. The van der Waals surface area contributed by atoms with Crippen LogP contribution >= 0.6 is 0 Å². The van der Waals surface area contributed by atoms with Crippen molar-refractivity contribution in [1.29, 1.82) is 0 Å². The third-order valence-electron chi connectivity index (χ3n) is 6.41. The van der Waals surface area contributed by atoms with E-state index in [9.17, 15) is 14.4 Å². The minimum absolute atomic E-state index is 0.0248. The molecule has 12 heteroatoms. The van der Waals surface area contributed by atoms with Crippen molar-refractivity contribution in [2.45, 2.75) is 90.4 Å². The third-order valence-corrected chi connectivity index (χ3v) is 6.41. The molecule has 0 bridgehead atoms. The summed E-state index contributed by atoms with van der Waals surface area (Å²) in [7, 11) is 0. The van der Waals surface area contributed by atoms with Crippen molar-refractivity contribution in [3.63, 3.8) is 0 Å². The van der Waals surface area contributed by atoms with Gasteiger partial charge in [-0.15, -0.1) is 0 Å². The Morgan fingerprint density at radius 2 is 0.727 bits per heavy atom. The van der Waals surface area contributed by atoms with Crippen molar-refractivity contribution in [3.8, 4) is 0 Å². The number of hydrogen-bond acceptors (Lipinski definition) is 11. The van der Waals surface area contributed by atoms with Gasteiger partial charge in [-0.25, -0.2) is 4.79 Å². The van der Waals surface area contributed by atoms with Crippen molar-refractivity contribution in [2.75, 3.05) is 99.1 Å². The molecule has 0 rings (SSSR count). The number of carboxylic acids is 1. The van der Waals surface area contributed by atoms with Crippen LogP contribution in [0.15, 0.2) is 0 Å². The summed E-state index contributed by atoms with van der Waals surface area (Å²) < 4.78 is 43.0. The van der Waals surface area contributed by atoms with Gasteiger partial charge in [-0.3, -0.25) is 9.59 Å². The number of rotatable bonds is 37. The lowest BCUT2D eigenvalue weighted by Crippen LogP contribution is -2.17. The molecule has 0 aromatic rings. The van der Waals surface area contributed by atoms with E-state index in [1.54, 1.807) is 0 Å². The maximum atomic E-state index is 11.4. The van der Waals surface area contributed by atoms with Crippen LogP contribution in [-0.4, -0.2) is 122 Å². The molecule has 260 valence electrons. The Kier molecular flexibility index (Phi) is 34.4. The number of carboxylic acid groups (broad SMARTS) is 1. The number of carbonyl (C=O) groups excluding carboxylic acids is 2. The Morgan fingerprint density at radius 3 is 1.09 bits per heavy atom. The molecule has 0 heterocycles. The summed E-state index contributed by atoms with van der Waals surface area (Å²) in [4.78, 5) is 32.6. The van der Waals surface area contributed by atoms with E-state index in [0.29, 0.717) is 79.3 Å². The Balaban J connectivity index is 3.12. The van der Waals surface area contributed by atoms with Crippen LogP contribution in [0.4, 0.5) is 0 Å². The van der Waals surface area contributed by atoms with Gasteiger partial charge in [0.25, 0.3) is 0 Å². The van der Waals surface area contributed by atoms with Crippen molar-refractivity contribution < 1.29 is 57.4 Å². The molecule has 0 amide bonds.